The maximum atomic E-state index is 13.2. The zero-order chi connectivity index (χ0) is 22.9. The van der Waals surface area contributed by atoms with Crippen LogP contribution in [0, 0.1) is 0 Å². The molecule has 0 radical (unpaired) electrons. The van der Waals surface area contributed by atoms with Crippen LogP contribution in [0.3, 0.4) is 0 Å². The summed E-state index contributed by atoms with van der Waals surface area (Å²) in [5, 5.41) is 5.95. The van der Waals surface area contributed by atoms with Gasteiger partial charge in [-0.3, -0.25) is 14.9 Å². The van der Waals surface area contributed by atoms with Crippen LogP contribution in [0.1, 0.15) is 52.9 Å². The largest absolute Gasteiger partial charge is 0.352 e. The van der Waals surface area contributed by atoms with E-state index in [-0.39, 0.29) is 17.9 Å². The molecule has 1 atom stereocenters. The van der Waals surface area contributed by atoms with Gasteiger partial charge in [-0.2, -0.15) is 0 Å². The van der Waals surface area contributed by atoms with E-state index < -0.39 is 0 Å². The van der Waals surface area contributed by atoms with E-state index in [9.17, 15) is 9.59 Å². The number of nitrogens with zero attached hydrogens (tertiary/aromatic N) is 4. The average molecular weight is 443 g/mol. The number of aryl methyl sites for hydroxylation is 1. The van der Waals surface area contributed by atoms with Crippen molar-refractivity contribution in [2.75, 3.05) is 11.9 Å². The molecule has 3 heterocycles. The molecule has 2 bridgehead atoms. The van der Waals surface area contributed by atoms with E-state index in [2.05, 4.69) is 27.1 Å². The Labute approximate surface area is 191 Å². The second kappa shape index (κ2) is 8.54. The van der Waals surface area contributed by atoms with Crippen molar-refractivity contribution in [1.82, 2.24) is 24.4 Å². The van der Waals surface area contributed by atoms with Crippen molar-refractivity contribution < 1.29 is 9.59 Å². The van der Waals surface area contributed by atoms with Gasteiger partial charge in [0, 0.05) is 48.7 Å². The molecule has 2 N–H and O–H groups in total. The molecule has 0 spiro atoms. The van der Waals surface area contributed by atoms with Gasteiger partial charge in [0.15, 0.2) is 0 Å². The summed E-state index contributed by atoms with van der Waals surface area (Å²) in [7, 11) is 1.97. The lowest BCUT2D eigenvalue weighted by Gasteiger charge is -2.20. The number of aromatic nitrogens is 4. The van der Waals surface area contributed by atoms with Gasteiger partial charge in [0.05, 0.1) is 11.0 Å². The highest BCUT2D eigenvalue weighted by Crippen LogP contribution is 2.34. The first kappa shape index (κ1) is 20.9. The van der Waals surface area contributed by atoms with Crippen LogP contribution < -0.4 is 10.6 Å². The lowest BCUT2D eigenvalue weighted by Crippen LogP contribution is -2.25. The number of para-hydroxylation sites is 1. The predicted molar refractivity (Wildman–Crippen MR) is 127 cm³/mol. The van der Waals surface area contributed by atoms with Gasteiger partial charge in [0.1, 0.15) is 5.82 Å². The lowest BCUT2D eigenvalue weighted by atomic mass is 10.1. The lowest BCUT2D eigenvalue weighted by molar-refractivity contribution is 0.0953. The summed E-state index contributed by atoms with van der Waals surface area (Å²) < 4.78 is 4.10. The summed E-state index contributed by atoms with van der Waals surface area (Å²) in [5.41, 5.74) is 3.60. The van der Waals surface area contributed by atoms with E-state index in [4.69, 9.17) is 4.98 Å². The molecule has 2 amide bonds. The molecule has 1 aliphatic heterocycles. The van der Waals surface area contributed by atoms with E-state index in [1.54, 1.807) is 30.5 Å². The minimum Gasteiger partial charge on any atom is -0.352 e. The van der Waals surface area contributed by atoms with Crippen LogP contribution in [0.5, 0.6) is 0 Å². The highest BCUT2D eigenvalue weighted by molar-refractivity contribution is 6.06. The van der Waals surface area contributed by atoms with Gasteiger partial charge in [0.25, 0.3) is 11.8 Å². The van der Waals surface area contributed by atoms with Crippen LogP contribution in [0.25, 0.3) is 22.4 Å². The molecule has 8 heteroatoms. The Kier molecular flexibility index (Phi) is 5.42. The molecule has 1 aliphatic rings. The molecule has 33 heavy (non-hydrogen) atoms. The van der Waals surface area contributed by atoms with Crippen LogP contribution in [0.2, 0.25) is 0 Å². The summed E-state index contributed by atoms with van der Waals surface area (Å²) in [6.45, 7) is 2.73. The second-order valence-corrected chi connectivity index (χ2v) is 8.48. The molecular formula is C25H26N6O2. The quantitative estimate of drug-likeness (QED) is 0.463. The maximum absolute atomic E-state index is 13.2. The van der Waals surface area contributed by atoms with E-state index in [1.807, 2.05) is 36.0 Å². The van der Waals surface area contributed by atoms with Gasteiger partial charge in [0.2, 0.25) is 5.95 Å². The number of benzene rings is 2. The summed E-state index contributed by atoms with van der Waals surface area (Å²) in [6.07, 6.45) is 6.38. The fourth-order valence-corrected chi connectivity index (χ4v) is 4.44. The topological polar surface area (TPSA) is 93.8 Å². The fourth-order valence-electron chi connectivity index (χ4n) is 4.44. The van der Waals surface area contributed by atoms with Crippen molar-refractivity contribution in [2.24, 2.45) is 7.05 Å². The Bertz CT molecular complexity index is 1350. The standard InChI is InChI=1S/C25H26N6O2/c1-16-7-3-4-12-27-23(32)17-8-5-9-18(15-17)24(33)29-25-28-20-11-6-10-19(21(20)31(16)25)22-26-13-14-30(22)2/h5-6,8-11,13-16H,3-4,7,12H2,1-2H3,(H,27,32)(H,28,29,33). The highest BCUT2D eigenvalue weighted by atomic mass is 16.2. The molecule has 1 unspecified atom stereocenters. The number of hydrogen-bond acceptors (Lipinski definition) is 4. The highest BCUT2D eigenvalue weighted by Gasteiger charge is 2.23. The number of fused-ring (bicyclic) bond motifs is 5. The number of imidazole rings is 2. The molecule has 0 saturated heterocycles. The van der Waals surface area contributed by atoms with Gasteiger partial charge in [-0.15, -0.1) is 0 Å². The van der Waals surface area contributed by atoms with Crippen molar-refractivity contribution in [2.45, 2.75) is 32.2 Å². The summed E-state index contributed by atoms with van der Waals surface area (Å²) >= 11 is 0. The average Bonchev–Trinajstić information content (AvgIpc) is 3.41. The van der Waals surface area contributed by atoms with Crippen molar-refractivity contribution in [3.05, 3.63) is 66.0 Å². The molecule has 4 aromatic rings. The zero-order valence-electron chi connectivity index (χ0n) is 18.7. The minimum atomic E-state index is -0.302. The number of hydrogen-bond donors (Lipinski definition) is 2. The summed E-state index contributed by atoms with van der Waals surface area (Å²) in [5.74, 6) is 0.874. The molecule has 0 aliphatic carbocycles. The van der Waals surface area contributed by atoms with E-state index >= 15 is 0 Å². The van der Waals surface area contributed by atoms with E-state index in [0.29, 0.717) is 23.6 Å². The van der Waals surface area contributed by atoms with E-state index in [1.165, 1.54) is 0 Å². The number of nitrogens with one attached hydrogen (secondary N) is 2. The second-order valence-electron chi connectivity index (χ2n) is 8.48. The molecule has 0 fully saturated rings. The first-order valence-electron chi connectivity index (χ1n) is 11.2. The van der Waals surface area contributed by atoms with Crippen LogP contribution >= 0.6 is 0 Å². The Hall–Kier alpha value is -3.94. The van der Waals surface area contributed by atoms with Crippen LogP contribution in [-0.2, 0) is 7.05 Å². The van der Waals surface area contributed by atoms with Crippen molar-refractivity contribution >= 4 is 28.8 Å². The zero-order valence-corrected chi connectivity index (χ0v) is 18.7. The third-order valence-electron chi connectivity index (χ3n) is 6.16. The number of rotatable bonds is 1. The molecule has 5 rings (SSSR count). The Morgan fingerprint density at radius 1 is 1.03 bits per heavy atom. The fraction of sp³-hybridized carbons (Fsp3) is 0.280. The van der Waals surface area contributed by atoms with Gasteiger partial charge in [-0.1, -0.05) is 12.1 Å². The normalized spacial score (nSPS) is 17.2. The smallest absolute Gasteiger partial charge is 0.257 e. The Morgan fingerprint density at radius 2 is 1.82 bits per heavy atom. The molecule has 2 aromatic carbocycles. The summed E-state index contributed by atoms with van der Waals surface area (Å²) in [4.78, 5) is 34.9. The van der Waals surface area contributed by atoms with Gasteiger partial charge in [-0.05, 0) is 56.5 Å². The van der Waals surface area contributed by atoms with Crippen molar-refractivity contribution in [1.29, 1.82) is 0 Å². The molecular weight excluding hydrogens is 416 g/mol. The molecule has 2 aromatic heterocycles. The number of anilines is 1. The van der Waals surface area contributed by atoms with Gasteiger partial charge in [-0.25, -0.2) is 9.97 Å². The number of carbonyl (C=O) groups excluding carboxylic acids is 2. The molecule has 8 nitrogen and oxygen atoms in total. The maximum Gasteiger partial charge on any atom is 0.257 e. The van der Waals surface area contributed by atoms with Gasteiger partial charge < -0.3 is 14.5 Å². The first-order valence-corrected chi connectivity index (χ1v) is 11.2. The molecule has 168 valence electrons. The third-order valence-corrected chi connectivity index (χ3v) is 6.16. The third kappa shape index (κ3) is 3.88. The predicted octanol–water partition coefficient (Wildman–Crippen LogP) is 4.16. The van der Waals surface area contributed by atoms with Crippen molar-refractivity contribution in [3.8, 4) is 11.4 Å². The minimum absolute atomic E-state index is 0.0803. The van der Waals surface area contributed by atoms with E-state index in [0.717, 1.165) is 41.7 Å². The van der Waals surface area contributed by atoms with Crippen LogP contribution in [0.15, 0.2) is 54.9 Å². The van der Waals surface area contributed by atoms with Crippen LogP contribution in [-0.4, -0.2) is 37.5 Å². The number of amides is 2. The number of carbonyl (C=O) groups is 2. The molecule has 0 saturated carbocycles. The SMILES string of the molecule is CC1CCCCNC(=O)c2cccc(c2)C(=O)Nc2nc3cccc(-c4nccn4C)c3n21. The van der Waals surface area contributed by atoms with Crippen LogP contribution in [0.4, 0.5) is 5.95 Å². The monoisotopic (exact) mass is 442 g/mol. The Morgan fingerprint density at radius 3 is 2.61 bits per heavy atom. The van der Waals surface area contributed by atoms with Gasteiger partial charge >= 0.3 is 0 Å². The van der Waals surface area contributed by atoms with Crippen molar-refractivity contribution in [3.63, 3.8) is 0 Å². The Balaban J connectivity index is 1.66. The first-order chi connectivity index (χ1) is 16.0. The summed E-state index contributed by atoms with van der Waals surface area (Å²) in [6, 6.07) is 12.8.